The molecule has 1 saturated heterocycles. The number of hydrogen-bond donors (Lipinski definition) is 2. The Morgan fingerprint density at radius 2 is 1.81 bits per heavy atom. The van der Waals surface area contributed by atoms with E-state index in [0.717, 1.165) is 23.1 Å². The topological polar surface area (TPSA) is 100 Å². The van der Waals surface area contributed by atoms with Crippen molar-refractivity contribution in [1.82, 2.24) is 10.6 Å². The smallest absolute Gasteiger partial charge is 0.404 e. The van der Waals surface area contributed by atoms with Crippen LogP contribution >= 0.6 is 0 Å². The van der Waals surface area contributed by atoms with Gasteiger partial charge in [0.15, 0.2) is 0 Å². The molecule has 2 aromatic rings. The highest BCUT2D eigenvalue weighted by Crippen LogP contribution is 2.65. The van der Waals surface area contributed by atoms with Gasteiger partial charge in [0.25, 0.3) is 5.91 Å². The minimum atomic E-state index is -0.508. The first kappa shape index (κ1) is 31.0. The van der Waals surface area contributed by atoms with Crippen LogP contribution in [-0.2, 0) is 31.7 Å². The molecule has 2 aromatic carbocycles. The van der Waals surface area contributed by atoms with Gasteiger partial charge in [0.1, 0.15) is 11.6 Å². The molecule has 0 aromatic heterocycles. The lowest BCUT2D eigenvalue weighted by Crippen LogP contribution is -2.65. The summed E-state index contributed by atoms with van der Waals surface area (Å²) in [7, 11) is -0.508. The van der Waals surface area contributed by atoms with E-state index in [2.05, 4.69) is 43.5 Å². The van der Waals surface area contributed by atoms with Crippen molar-refractivity contribution in [1.29, 1.82) is 5.26 Å². The number of hydrogen-bond acceptors (Lipinski definition) is 5. The molecule has 3 saturated carbocycles. The van der Waals surface area contributed by atoms with E-state index < -0.39 is 18.6 Å². The Morgan fingerprint density at radius 3 is 2.49 bits per heavy atom. The number of nitrogens with one attached hydrogen (secondary N) is 2. The Morgan fingerprint density at radius 1 is 1.09 bits per heavy atom. The van der Waals surface area contributed by atoms with E-state index in [1.54, 1.807) is 6.08 Å². The summed E-state index contributed by atoms with van der Waals surface area (Å²) in [6, 6.07) is 19.7. The zero-order valence-electron chi connectivity index (χ0n) is 26.3. The summed E-state index contributed by atoms with van der Waals surface area (Å²) in [6.07, 6.45) is 5.23. The van der Waals surface area contributed by atoms with Gasteiger partial charge in [-0.05, 0) is 93.4 Å². The van der Waals surface area contributed by atoms with Crippen molar-refractivity contribution >= 4 is 25.0 Å². The van der Waals surface area contributed by atoms with Crippen LogP contribution in [0.5, 0.6) is 0 Å². The maximum Gasteiger partial charge on any atom is 0.482 e. The Balaban J connectivity index is 1.25. The largest absolute Gasteiger partial charge is 0.482 e. The number of carbonyl (C=O) groups is 2. The monoisotopic (exact) mass is 581 g/mol. The highest BCUT2D eigenvalue weighted by atomic mass is 16.7. The molecule has 0 radical (unpaired) electrons. The fraction of sp³-hybridized carbons (Fsp3) is 0.514. The predicted molar refractivity (Wildman–Crippen MR) is 168 cm³/mol. The average Bonchev–Trinajstić information content (AvgIpc) is 3.31. The van der Waals surface area contributed by atoms with Crippen LogP contribution in [0.2, 0.25) is 0 Å². The maximum absolute atomic E-state index is 13.3. The van der Waals surface area contributed by atoms with Gasteiger partial charge in [-0.15, -0.1) is 0 Å². The Kier molecular flexibility index (Phi) is 8.62. The minimum Gasteiger partial charge on any atom is -0.404 e. The Hall–Kier alpha value is -3.41. The fourth-order valence-electron chi connectivity index (χ4n) is 7.25. The second-order valence-electron chi connectivity index (χ2n) is 14.3. The van der Waals surface area contributed by atoms with Crippen molar-refractivity contribution in [3.05, 3.63) is 76.9 Å². The first-order valence-corrected chi connectivity index (χ1v) is 15.5. The van der Waals surface area contributed by atoms with Gasteiger partial charge < -0.3 is 19.9 Å². The van der Waals surface area contributed by atoms with E-state index in [1.807, 2.05) is 69.3 Å². The van der Waals surface area contributed by atoms with Crippen LogP contribution in [0.3, 0.4) is 0 Å². The Labute approximate surface area is 256 Å². The molecule has 2 bridgehead atoms. The third kappa shape index (κ3) is 6.74. The first-order chi connectivity index (χ1) is 20.3. The molecule has 2 amide bonds. The number of nitriles is 1. The molecule has 4 aliphatic rings. The first-order valence-electron chi connectivity index (χ1n) is 15.5. The van der Waals surface area contributed by atoms with Gasteiger partial charge >= 0.3 is 7.12 Å². The molecular formula is C35H44BN3O4. The van der Waals surface area contributed by atoms with Gasteiger partial charge in [-0.3, -0.25) is 9.59 Å². The van der Waals surface area contributed by atoms with Crippen LogP contribution in [0.15, 0.2) is 60.2 Å². The summed E-state index contributed by atoms with van der Waals surface area (Å²) >= 11 is 0. The molecule has 4 fully saturated rings. The van der Waals surface area contributed by atoms with Gasteiger partial charge in [-0.1, -0.05) is 68.4 Å². The van der Waals surface area contributed by atoms with Gasteiger partial charge in [0, 0.05) is 12.0 Å². The van der Waals surface area contributed by atoms with Gasteiger partial charge in [0.05, 0.1) is 17.6 Å². The van der Waals surface area contributed by atoms with E-state index >= 15 is 0 Å². The maximum atomic E-state index is 13.3. The standard InChI is InChI=1S/C35H44BN3O4/c1-33(2,3)39-32(41)26(22-37)18-25-14-10-13-24(17-25)15-16-31(40)38-30(19-23-11-8-7-9-12-23)36-42-29-21-27-20-28(34(27,4)5)35(29,6)43-36/h7-14,17-18,27-30H,15-16,19-21H2,1-6H3,(H,38,40)(H,39,41)/t27-,28-,29+,30?,35-/m0/s1. The number of rotatable bonds is 9. The van der Waals surface area contributed by atoms with E-state index in [1.165, 1.54) is 6.42 Å². The zero-order valence-corrected chi connectivity index (χ0v) is 26.3. The van der Waals surface area contributed by atoms with Crippen LogP contribution in [0, 0.1) is 28.6 Å². The number of carbonyl (C=O) groups excluding carboxylic acids is 2. The van der Waals surface area contributed by atoms with Crippen LogP contribution in [0.4, 0.5) is 0 Å². The molecular weight excluding hydrogens is 537 g/mol. The van der Waals surface area contributed by atoms with Crippen molar-refractivity contribution in [2.45, 2.75) is 96.8 Å². The van der Waals surface area contributed by atoms with Crippen LogP contribution in [0.25, 0.3) is 6.08 Å². The van der Waals surface area contributed by atoms with Crippen LogP contribution in [0.1, 0.15) is 77.5 Å². The van der Waals surface area contributed by atoms with Gasteiger partial charge in [-0.25, -0.2) is 0 Å². The average molecular weight is 582 g/mol. The molecule has 8 heteroatoms. The molecule has 1 unspecified atom stereocenters. The number of benzene rings is 2. The lowest BCUT2D eigenvalue weighted by atomic mass is 9.43. The van der Waals surface area contributed by atoms with Crippen molar-refractivity contribution in [2.75, 3.05) is 0 Å². The van der Waals surface area contributed by atoms with Crippen LogP contribution < -0.4 is 10.6 Å². The minimum absolute atomic E-state index is 0.0419. The quantitative estimate of drug-likeness (QED) is 0.234. The lowest BCUT2D eigenvalue weighted by Gasteiger charge is -2.64. The fourth-order valence-corrected chi connectivity index (χ4v) is 7.25. The van der Waals surface area contributed by atoms with Crippen molar-refractivity contribution in [2.24, 2.45) is 17.3 Å². The number of amides is 2. The summed E-state index contributed by atoms with van der Waals surface area (Å²) in [5.74, 6) is 0.314. The third-order valence-electron chi connectivity index (χ3n) is 9.70. The van der Waals surface area contributed by atoms with Crippen LogP contribution in [-0.4, -0.2) is 42.1 Å². The number of nitrogens with zero attached hydrogens (tertiary/aromatic N) is 1. The SMILES string of the molecule is CC(C)(C)NC(=O)C(C#N)=Cc1cccc(CCC(=O)NC(Cc2ccccc2)B2O[C@@H]3C[C@@H]4C[C@@H](C4(C)C)[C@]3(C)O2)c1. The van der Waals surface area contributed by atoms with Gasteiger partial charge in [-0.2, -0.15) is 5.26 Å². The molecule has 7 nitrogen and oxygen atoms in total. The van der Waals surface area contributed by atoms with E-state index in [-0.39, 0.29) is 34.5 Å². The molecule has 43 heavy (non-hydrogen) atoms. The molecule has 2 N–H and O–H groups in total. The van der Waals surface area contributed by atoms with E-state index in [4.69, 9.17) is 9.31 Å². The van der Waals surface area contributed by atoms with E-state index in [9.17, 15) is 14.9 Å². The normalized spacial score (nSPS) is 26.5. The highest BCUT2D eigenvalue weighted by Gasteiger charge is 2.68. The summed E-state index contributed by atoms with van der Waals surface area (Å²) < 4.78 is 13.3. The van der Waals surface area contributed by atoms with Crippen molar-refractivity contribution < 1.29 is 18.9 Å². The molecule has 0 spiro atoms. The second kappa shape index (κ2) is 11.9. The third-order valence-corrected chi connectivity index (χ3v) is 9.70. The summed E-state index contributed by atoms with van der Waals surface area (Å²) in [4.78, 5) is 25.9. The molecule has 6 rings (SSSR count). The molecule has 5 atom stereocenters. The predicted octanol–water partition coefficient (Wildman–Crippen LogP) is 5.44. The molecule has 1 aliphatic heterocycles. The molecule has 3 aliphatic carbocycles. The van der Waals surface area contributed by atoms with Crippen molar-refractivity contribution in [3.63, 3.8) is 0 Å². The summed E-state index contributed by atoms with van der Waals surface area (Å²) in [6.45, 7) is 12.5. The summed E-state index contributed by atoms with van der Waals surface area (Å²) in [5.41, 5.74) is 2.31. The Bertz CT molecular complexity index is 1430. The lowest BCUT2D eigenvalue weighted by molar-refractivity contribution is -0.199. The van der Waals surface area contributed by atoms with Crippen molar-refractivity contribution in [3.8, 4) is 6.07 Å². The number of aryl methyl sites for hydroxylation is 1. The molecule has 1 heterocycles. The summed E-state index contributed by atoms with van der Waals surface area (Å²) in [5, 5.41) is 15.6. The van der Waals surface area contributed by atoms with Gasteiger partial charge in [0.2, 0.25) is 5.91 Å². The van der Waals surface area contributed by atoms with E-state index in [0.29, 0.717) is 31.1 Å². The second-order valence-corrected chi connectivity index (χ2v) is 14.3. The molecule has 226 valence electrons. The zero-order chi connectivity index (χ0) is 31.0. The highest BCUT2D eigenvalue weighted by molar-refractivity contribution is 6.48.